The molecule has 2 atom stereocenters. The Balaban J connectivity index is 1.85. The van der Waals surface area contributed by atoms with Crippen LogP contribution >= 0.6 is 0 Å². The number of halogens is 3. The molecule has 46 heavy (non-hydrogen) atoms. The molecular weight excluding hydrogens is 637 g/mol. The minimum Gasteiger partial charge on any atom is -0.569 e. The summed E-state index contributed by atoms with van der Waals surface area (Å²) in [5.41, 5.74) is 0.464. The molecule has 0 radical (unpaired) electrons. The molecule has 3 rings (SSSR count). The summed E-state index contributed by atoms with van der Waals surface area (Å²) in [5, 5.41) is 20.2. The summed E-state index contributed by atoms with van der Waals surface area (Å²) in [6.45, 7) is 6.55. The zero-order valence-corrected chi connectivity index (χ0v) is 26.5. The van der Waals surface area contributed by atoms with Crippen LogP contribution in [-0.2, 0) is 35.3 Å². The molecule has 0 bridgehead atoms. The normalized spacial score (nSPS) is 13.6. The molecule has 1 N–H and O–H groups in total. The smallest absolute Gasteiger partial charge is 0.511 e. The van der Waals surface area contributed by atoms with E-state index < -0.39 is 46.3 Å². The molecule has 14 nitrogen and oxygen atoms in total. The number of ether oxygens (including phenoxy) is 2. The van der Waals surface area contributed by atoms with Crippen molar-refractivity contribution in [3.63, 3.8) is 0 Å². The van der Waals surface area contributed by atoms with Gasteiger partial charge < -0.3 is 14.7 Å². The third-order valence-corrected chi connectivity index (χ3v) is 7.75. The van der Waals surface area contributed by atoms with Gasteiger partial charge in [0.25, 0.3) is 22.2 Å². The number of rotatable bonds is 12. The van der Waals surface area contributed by atoms with Gasteiger partial charge in [0.15, 0.2) is 11.7 Å². The van der Waals surface area contributed by atoms with Crippen molar-refractivity contribution < 1.29 is 50.5 Å². The molecule has 0 saturated carbocycles. The van der Waals surface area contributed by atoms with E-state index in [-0.39, 0.29) is 33.6 Å². The van der Waals surface area contributed by atoms with Gasteiger partial charge in [0.05, 0.1) is 35.4 Å². The Hall–Kier alpha value is -4.87. The van der Waals surface area contributed by atoms with Crippen LogP contribution in [0.4, 0.5) is 18.0 Å². The van der Waals surface area contributed by atoms with Gasteiger partial charge in [0.1, 0.15) is 0 Å². The molecule has 3 aromatic rings. The van der Waals surface area contributed by atoms with E-state index in [9.17, 15) is 36.4 Å². The van der Waals surface area contributed by atoms with Gasteiger partial charge in [-0.2, -0.15) is 18.3 Å². The molecule has 2 aromatic carbocycles. The Morgan fingerprint density at radius 2 is 1.72 bits per heavy atom. The van der Waals surface area contributed by atoms with Crippen molar-refractivity contribution in [2.24, 2.45) is 11.2 Å². The van der Waals surface area contributed by atoms with Crippen molar-refractivity contribution in [3.05, 3.63) is 71.1 Å². The molecule has 0 aliphatic rings. The maximum absolute atomic E-state index is 13.6. The zero-order valence-electron chi connectivity index (χ0n) is 25.7. The summed E-state index contributed by atoms with van der Waals surface area (Å²) < 4.78 is 78.9. The van der Waals surface area contributed by atoms with E-state index in [1.165, 1.54) is 26.1 Å². The van der Waals surface area contributed by atoms with Crippen LogP contribution in [-0.4, -0.2) is 66.7 Å². The number of nitrogens with one attached hydrogen (secondary N) is 1. The maximum atomic E-state index is 13.6. The quantitative estimate of drug-likeness (QED) is 0.0915. The number of carbonyl (C=O) groups is 2. The fourth-order valence-electron chi connectivity index (χ4n) is 4.04. The molecule has 18 heteroatoms. The standard InChI is InChI=1S/C28H33F3N6O8S/c1-17(2)15-24(35(5)37(40)34-45-19(4)44-27(39)43-6)26(38)33-46(41,42)22-13-11-21(12-14-22)36-23(16-25(32-36)28(29,30)31)20-9-7-18(3)8-10-20/h7-14,16-17,19,24H,15H2,1-6H3,(H,33,38)/t19?,24-/m0/s1. The molecule has 1 aromatic heterocycles. The fraction of sp³-hybridized carbons (Fsp3) is 0.393. The lowest BCUT2D eigenvalue weighted by Gasteiger charge is -2.24. The minimum absolute atomic E-state index is 0.0158. The van der Waals surface area contributed by atoms with Gasteiger partial charge in [0, 0.05) is 12.5 Å². The first-order valence-corrected chi connectivity index (χ1v) is 15.1. The van der Waals surface area contributed by atoms with Crippen molar-refractivity contribution in [1.82, 2.24) is 19.5 Å². The second kappa shape index (κ2) is 14.5. The Morgan fingerprint density at radius 3 is 2.26 bits per heavy atom. The Morgan fingerprint density at radius 1 is 1.11 bits per heavy atom. The van der Waals surface area contributed by atoms with E-state index in [0.717, 1.165) is 40.6 Å². The highest BCUT2D eigenvalue weighted by molar-refractivity contribution is 7.90. The highest BCUT2D eigenvalue weighted by atomic mass is 32.2. The monoisotopic (exact) mass is 670 g/mol. The predicted octanol–water partition coefficient (Wildman–Crippen LogP) is 4.96. The highest BCUT2D eigenvalue weighted by Gasteiger charge is 2.36. The third-order valence-electron chi connectivity index (χ3n) is 6.39. The number of sulfonamides is 1. The highest BCUT2D eigenvalue weighted by Crippen LogP contribution is 2.33. The van der Waals surface area contributed by atoms with Crippen LogP contribution in [0.3, 0.4) is 0 Å². The number of hydrogen-bond donors (Lipinski definition) is 1. The van der Waals surface area contributed by atoms with E-state index >= 15 is 0 Å². The number of benzene rings is 2. The fourth-order valence-corrected chi connectivity index (χ4v) is 5.05. The number of methoxy groups -OCH3 is 1. The zero-order chi connectivity index (χ0) is 34.4. The number of nitrogens with zero attached hydrogens (tertiary/aromatic N) is 5. The van der Waals surface area contributed by atoms with Gasteiger partial charge >= 0.3 is 12.3 Å². The first-order chi connectivity index (χ1) is 21.4. The topological polar surface area (TPSA) is 167 Å². The Labute approximate surface area is 262 Å². The minimum atomic E-state index is -4.73. The number of likely N-dealkylation sites (N-methyl/N-ethyl adjacent to an activating group) is 1. The van der Waals surface area contributed by atoms with Crippen molar-refractivity contribution >= 4 is 22.1 Å². The van der Waals surface area contributed by atoms with Crippen molar-refractivity contribution in [1.29, 1.82) is 0 Å². The molecule has 1 heterocycles. The van der Waals surface area contributed by atoms with Crippen LogP contribution < -0.4 is 4.72 Å². The summed E-state index contributed by atoms with van der Waals surface area (Å²) in [7, 11) is -2.28. The number of hydrogen-bond acceptors (Lipinski definition) is 10. The van der Waals surface area contributed by atoms with Gasteiger partial charge in [-0.3, -0.25) is 9.63 Å². The van der Waals surface area contributed by atoms with Crippen LogP contribution in [0.5, 0.6) is 0 Å². The van der Waals surface area contributed by atoms with Gasteiger partial charge in [0.2, 0.25) is 5.28 Å². The second-order valence-corrected chi connectivity index (χ2v) is 12.1. The molecule has 0 aliphatic carbocycles. The number of aryl methyl sites for hydroxylation is 1. The molecule has 0 fully saturated rings. The van der Waals surface area contributed by atoms with Gasteiger partial charge in [-0.15, -0.1) is 5.01 Å². The Bertz CT molecular complexity index is 1660. The number of amides is 1. The van der Waals surface area contributed by atoms with E-state index in [0.29, 0.717) is 5.56 Å². The first-order valence-electron chi connectivity index (χ1n) is 13.7. The molecule has 0 spiro atoms. The van der Waals surface area contributed by atoms with E-state index in [1.807, 2.05) is 11.6 Å². The SMILES string of the molecule is COC(=O)OC(C)ON=[N+]([O-])N(C)[C@@H](CC(C)C)C(=O)NS(=O)(=O)c1ccc(-n2nc(C(F)(F)F)cc2-c2ccc(C)cc2)cc1. The number of alkyl halides is 3. The van der Waals surface area contributed by atoms with Gasteiger partial charge in [-0.25, -0.2) is 22.6 Å². The van der Waals surface area contributed by atoms with Crippen LogP contribution in [0.25, 0.3) is 16.9 Å². The second-order valence-electron chi connectivity index (χ2n) is 10.5. The summed E-state index contributed by atoms with van der Waals surface area (Å²) in [6.07, 6.45) is -7.13. The largest absolute Gasteiger partial charge is 0.569 e. The number of carbonyl (C=O) groups excluding carboxylic acids is 2. The summed E-state index contributed by atoms with van der Waals surface area (Å²) >= 11 is 0. The number of aromatic nitrogens is 2. The van der Waals surface area contributed by atoms with Crippen molar-refractivity contribution in [2.45, 2.75) is 57.5 Å². The third kappa shape index (κ3) is 9.09. The van der Waals surface area contributed by atoms with Gasteiger partial charge in [-0.05, 0) is 49.6 Å². The van der Waals surface area contributed by atoms with E-state index in [2.05, 4.69) is 19.8 Å². The lowest BCUT2D eigenvalue weighted by atomic mass is 10.0. The predicted molar refractivity (Wildman–Crippen MR) is 155 cm³/mol. The molecule has 1 unspecified atom stereocenters. The molecular formula is C28H33F3N6O8S. The molecule has 0 saturated heterocycles. The van der Waals surface area contributed by atoms with Crippen molar-refractivity contribution in [2.75, 3.05) is 14.2 Å². The summed E-state index contributed by atoms with van der Waals surface area (Å²) in [6, 6.07) is 11.0. The van der Waals surface area contributed by atoms with Crippen LogP contribution in [0, 0.1) is 18.0 Å². The number of hydrazine groups is 1. The average Bonchev–Trinajstić information content (AvgIpc) is 3.44. The molecule has 1 amide bonds. The maximum Gasteiger partial charge on any atom is 0.511 e. The Kier molecular flexibility index (Phi) is 11.2. The summed E-state index contributed by atoms with van der Waals surface area (Å²) in [5.74, 6) is -1.26. The van der Waals surface area contributed by atoms with Gasteiger partial charge in [-0.1, -0.05) is 43.7 Å². The lowest BCUT2D eigenvalue weighted by Crippen LogP contribution is -2.49. The van der Waals surface area contributed by atoms with Crippen molar-refractivity contribution in [3.8, 4) is 16.9 Å². The average molecular weight is 671 g/mol. The van der Waals surface area contributed by atoms with Crippen LogP contribution in [0.15, 0.2) is 64.8 Å². The summed E-state index contributed by atoms with van der Waals surface area (Å²) in [4.78, 5) is 28.6. The van der Waals surface area contributed by atoms with E-state index in [1.54, 1.807) is 38.1 Å². The molecule has 250 valence electrons. The van der Waals surface area contributed by atoms with Crippen LogP contribution in [0.1, 0.15) is 38.4 Å². The van der Waals surface area contributed by atoms with Crippen LogP contribution in [0.2, 0.25) is 0 Å². The first kappa shape index (κ1) is 35.6. The molecule has 0 aliphatic heterocycles. The van der Waals surface area contributed by atoms with E-state index in [4.69, 9.17) is 4.84 Å². The lowest BCUT2D eigenvalue weighted by molar-refractivity contribution is -0.712.